The molecule has 0 heterocycles. The van der Waals surface area contributed by atoms with Crippen LogP contribution < -0.4 is 9.47 Å². The number of phenolic OH excluding ortho intramolecular Hbond substituents is 6. The third kappa shape index (κ3) is 9.20. The largest absolute Gasteiger partial charge is 0.508 e. The zero-order chi connectivity index (χ0) is 35.0. The molecule has 0 bridgehead atoms. The molecule has 50 heavy (non-hydrogen) atoms. The van der Waals surface area contributed by atoms with E-state index in [4.69, 9.17) is 9.47 Å². The van der Waals surface area contributed by atoms with E-state index in [1.807, 2.05) is 24.3 Å². The second kappa shape index (κ2) is 15.3. The summed E-state index contributed by atoms with van der Waals surface area (Å²) in [6.07, 6.45) is 3.75. The Hall–Kier alpha value is -6.28. The summed E-state index contributed by atoms with van der Waals surface area (Å²) in [5, 5.41) is 61.5. The number of hydrogen-bond acceptors (Lipinski definition) is 8. The summed E-state index contributed by atoms with van der Waals surface area (Å²) >= 11 is 0. The van der Waals surface area contributed by atoms with Crippen LogP contribution in [0.25, 0.3) is 0 Å². The Bertz CT molecular complexity index is 1950. The summed E-state index contributed by atoms with van der Waals surface area (Å²) in [6.45, 7) is 0. The highest BCUT2D eigenvalue weighted by Crippen LogP contribution is 2.36. The zero-order valence-corrected chi connectivity index (χ0v) is 27.3. The third-order valence-corrected chi connectivity index (χ3v) is 8.33. The molecule has 254 valence electrons. The predicted molar refractivity (Wildman–Crippen MR) is 191 cm³/mol. The first-order chi connectivity index (χ1) is 24.1. The highest BCUT2D eigenvalue weighted by Gasteiger charge is 2.12. The van der Waals surface area contributed by atoms with Crippen LogP contribution in [0.5, 0.6) is 57.5 Å². The number of hydrogen-bond donors (Lipinski definition) is 6. The molecule has 0 aliphatic rings. The molecule has 6 N–H and O–H groups in total. The van der Waals surface area contributed by atoms with Gasteiger partial charge in [0, 0.05) is 12.1 Å². The van der Waals surface area contributed by atoms with Gasteiger partial charge in [-0.1, -0.05) is 36.4 Å². The first-order valence-corrected chi connectivity index (χ1v) is 16.4. The van der Waals surface area contributed by atoms with Crippen LogP contribution in [0.3, 0.4) is 0 Å². The molecule has 0 spiro atoms. The van der Waals surface area contributed by atoms with Crippen LogP contribution in [-0.2, 0) is 38.5 Å². The fourth-order valence-corrected chi connectivity index (χ4v) is 5.83. The van der Waals surface area contributed by atoms with Crippen molar-refractivity contribution in [3.63, 3.8) is 0 Å². The summed E-state index contributed by atoms with van der Waals surface area (Å²) in [5.74, 6) is 1.64. The number of rotatable bonds is 13. The number of benzene rings is 6. The second-order valence-corrected chi connectivity index (χ2v) is 12.3. The van der Waals surface area contributed by atoms with Gasteiger partial charge >= 0.3 is 0 Å². The molecular formula is C42H38O8. The standard InChI is InChI=1S/C42H38O8/c43-33-5-1-3-27(17-33)7-9-29-13-15-39(47)41(23-29)49-37-21-31(19-35(45)25-37)11-12-32-20-36(46)26-38(22-32)50-42-24-30(14-16-40(42)48)10-8-28-4-2-6-34(44)18-28/h1-6,13-26,43-48H,7-12H2. The average molecular weight is 671 g/mol. The number of aryl methyl sites for hydroxylation is 6. The lowest BCUT2D eigenvalue weighted by molar-refractivity contribution is 0.406. The van der Waals surface area contributed by atoms with E-state index >= 15 is 0 Å². The molecule has 8 nitrogen and oxygen atoms in total. The molecule has 0 radical (unpaired) electrons. The molecule has 6 aromatic rings. The number of ether oxygens (including phenoxy) is 2. The van der Waals surface area contributed by atoms with Gasteiger partial charge in [0.1, 0.15) is 34.5 Å². The highest BCUT2D eigenvalue weighted by atomic mass is 16.5. The topological polar surface area (TPSA) is 140 Å². The minimum atomic E-state index is -0.0312. The van der Waals surface area contributed by atoms with Gasteiger partial charge in [-0.05, 0) is 145 Å². The van der Waals surface area contributed by atoms with Crippen molar-refractivity contribution < 1.29 is 40.1 Å². The number of phenols is 6. The van der Waals surface area contributed by atoms with Gasteiger partial charge in [-0.25, -0.2) is 0 Å². The lowest BCUT2D eigenvalue weighted by Crippen LogP contribution is -1.96. The van der Waals surface area contributed by atoms with E-state index in [1.54, 1.807) is 84.9 Å². The molecule has 0 atom stereocenters. The van der Waals surface area contributed by atoms with Gasteiger partial charge in [0.25, 0.3) is 0 Å². The molecule has 0 fully saturated rings. The van der Waals surface area contributed by atoms with Crippen LogP contribution in [-0.4, -0.2) is 30.6 Å². The van der Waals surface area contributed by atoms with Crippen molar-refractivity contribution in [2.24, 2.45) is 0 Å². The minimum Gasteiger partial charge on any atom is -0.508 e. The molecule has 0 aliphatic heterocycles. The van der Waals surface area contributed by atoms with Crippen LogP contribution >= 0.6 is 0 Å². The van der Waals surface area contributed by atoms with E-state index in [0.29, 0.717) is 50.0 Å². The van der Waals surface area contributed by atoms with E-state index in [-0.39, 0.29) is 46.0 Å². The maximum atomic E-state index is 10.5. The van der Waals surface area contributed by atoms with Gasteiger partial charge in [-0.15, -0.1) is 0 Å². The lowest BCUT2D eigenvalue weighted by atomic mass is 10.0. The van der Waals surface area contributed by atoms with Crippen LogP contribution in [0.4, 0.5) is 0 Å². The molecule has 8 heteroatoms. The Morgan fingerprint density at radius 1 is 0.320 bits per heavy atom. The van der Waals surface area contributed by atoms with Crippen molar-refractivity contribution in [2.45, 2.75) is 38.5 Å². The minimum absolute atomic E-state index is 0.0105. The Labute approximate surface area is 290 Å². The molecule has 0 amide bonds. The molecule has 0 saturated heterocycles. The van der Waals surface area contributed by atoms with E-state index < -0.39 is 0 Å². The Morgan fingerprint density at radius 3 is 1.08 bits per heavy atom. The van der Waals surface area contributed by atoms with E-state index in [0.717, 1.165) is 33.4 Å². The van der Waals surface area contributed by atoms with E-state index in [2.05, 4.69) is 0 Å². The van der Waals surface area contributed by atoms with Gasteiger partial charge < -0.3 is 40.1 Å². The quantitative estimate of drug-likeness (QED) is 0.0716. The van der Waals surface area contributed by atoms with Crippen molar-refractivity contribution in [1.82, 2.24) is 0 Å². The molecule has 0 unspecified atom stereocenters. The van der Waals surface area contributed by atoms with Crippen LogP contribution in [0, 0.1) is 0 Å². The highest BCUT2D eigenvalue weighted by molar-refractivity contribution is 5.49. The lowest BCUT2D eigenvalue weighted by Gasteiger charge is -2.13. The van der Waals surface area contributed by atoms with E-state index in [1.165, 1.54) is 12.1 Å². The average Bonchev–Trinajstić information content (AvgIpc) is 3.08. The summed E-state index contributed by atoms with van der Waals surface area (Å²) in [4.78, 5) is 0. The monoisotopic (exact) mass is 670 g/mol. The van der Waals surface area contributed by atoms with Crippen molar-refractivity contribution in [3.05, 3.63) is 155 Å². The van der Waals surface area contributed by atoms with Gasteiger partial charge in [0.05, 0.1) is 0 Å². The van der Waals surface area contributed by atoms with Gasteiger partial charge in [-0.3, -0.25) is 0 Å². The molecule has 0 saturated carbocycles. The fraction of sp³-hybridized carbons (Fsp3) is 0.143. The summed E-state index contributed by atoms with van der Waals surface area (Å²) in [6, 6.07) is 34.3. The Kier molecular flexibility index (Phi) is 10.3. The SMILES string of the molecule is Oc1cccc(CCc2ccc(O)c(Oc3cc(O)cc(CCc4cc(O)cc(Oc5cc(CCc6cccc(O)c6)ccc5O)c4)c3)c2)c1. The van der Waals surface area contributed by atoms with E-state index in [9.17, 15) is 30.6 Å². The first kappa shape index (κ1) is 33.6. The fourth-order valence-electron chi connectivity index (χ4n) is 5.83. The molecule has 6 rings (SSSR count). The van der Waals surface area contributed by atoms with Crippen LogP contribution in [0.1, 0.15) is 33.4 Å². The second-order valence-electron chi connectivity index (χ2n) is 12.3. The van der Waals surface area contributed by atoms with Crippen LogP contribution in [0.2, 0.25) is 0 Å². The van der Waals surface area contributed by atoms with Gasteiger partial charge in [0.15, 0.2) is 23.0 Å². The van der Waals surface area contributed by atoms with Crippen molar-refractivity contribution >= 4 is 0 Å². The first-order valence-electron chi connectivity index (χ1n) is 16.4. The van der Waals surface area contributed by atoms with Crippen molar-refractivity contribution in [1.29, 1.82) is 0 Å². The third-order valence-electron chi connectivity index (χ3n) is 8.33. The normalized spacial score (nSPS) is 11.0. The van der Waals surface area contributed by atoms with Crippen LogP contribution in [0.15, 0.2) is 121 Å². The zero-order valence-electron chi connectivity index (χ0n) is 27.3. The molecular weight excluding hydrogens is 632 g/mol. The Morgan fingerprint density at radius 2 is 0.680 bits per heavy atom. The summed E-state index contributed by atoms with van der Waals surface area (Å²) in [5.41, 5.74) is 5.43. The van der Waals surface area contributed by atoms with Gasteiger partial charge in [0.2, 0.25) is 0 Å². The van der Waals surface area contributed by atoms with Crippen molar-refractivity contribution in [3.8, 4) is 57.5 Å². The smallest absolute Gasteiger partial charge is 0.169 e. The summed E-state index contributed by atoms with van der Waals surface area (Å²) in [7, 11) is 0. The molecule has 0 aromatic heterocycles. The van der Waals surface area contributed by atoms with Gasteiger partial charge in [-0.2, -0.15) is 0 Å². The molecule has 0 aliphatic carbocycles. The Balaban J connectivity index is 1.10. The molecule has 6 aromatic carbocycles. The maximum absolute atomic E-state index is 10.5. The van der Waals surface area contributed by atoms with Crippen molar-refractivity contribution in [2.75, 3.05) is 0 Å². The summed E-state index contributed by atoms with van der Waals surface area (Å²) < 4.78 is 12.0. The number of aromatic hydroxyl groups is 6. The predicted octanol–water partition coefficient (Wildman–Crippen LogP) is 8.86. The maximum Gasteiger partial charge on any atom is 0.169 e.